The molecule has 0 unspecified atom stereocenters. The van der Waals surface area contributed by atoms with Crippen LogP contribution in [-0.2, 0) is 9.53 Å². The first-order valence-electron chi connectivity index (χ1n) is 4.20. The Morgan fingerprint density at radius 1 is 1.62 bits per heavy atom. The number of carbonyl (C=O) groups is 1. The lowest BCUT2D eigenvalue weighted by atomic mass is 10.0. The van der Waals surface area contributed by atoms with Crippen molar-refractivity contribution in [2.24, 2.45) is 5.41 Å². The zero-order valence-electron chi connectivity index (χ0n) is 7.27. The van der Waals surface area contributed by atoms with Gasteiger partial charge in [0.15, 0.2) is 0 Å². The third-order valence-corrected chi connectivity index (χ3v) is 2.98. The lowest BCUT2D eigenvalue weighted by Gasteiger charge is -2.06. The van der Waals surface area contributed by atoms with Gasteiger partial charge in [0.2, 0.25) is 0 Å². The first-order valence-corrected chi connectivity index (χ1v) is 4.20. The summed E-state index contributed by atoms with van der Waals surface area (Å²) >= 11 is 0. The van der Waals surface area contributed by atoms with Crippen LogP contribution in [0.4, 0.5) is 8.78 Å². The van der Waals surface area contributed by atoms with Gasteiger partial charge in [0.05, 0.1) is 12.5 Å². The van der Waals surface area contributed by atoms with Crippen molar-refractivity contribution < 1.29 is 18.3 Å². The van der Waals surface area contributed by atoms with E-state index in [1.807, 2.05) is 0 Å². The summed E-state index contributed by atoms with van der Waals surface area (Å²) in [7, 11) is 1.26. The number of alkyl halides is 2. The molecular weight excluding hydrogens is 180 g/mol. The Kier molecular flexibility index (Phi) is 1.64. The van der Waals surface area contributed by atoms with E-state index in [-0.39, 0.29) is 19.4 Å². The van der Waals surface area contributed by atoms with Crippen molar-refractivity contribution in [3.63, 3.8) is 0 Å². The van der Waals surface area contributed by atoms with E-state index in [9.17, 15) is 13.6 Å². The summed E-state index contributed by atoms with van der Waals surface area (Å²) in [6.45, 7) is 0.222. The van der Waals surface area contributed by atoms with Gasteiger partial charge in [0.1, 0.15) is 6.04 Å². The molecule has 1 heterocycles. The summed E-state index contributed by atoms with van der Waals surface area (Å²) in [5, 5.41) is 2.76. The highest BCUT2D eigenvalue weighted by atomic mass is 19.3. The van der Waals surface area contributed by atoms with Gasteiger partial charge in [-0.1, -0.05) is 0 Å². The minimum atomic E-state index is -2.58. The lowest BCUT2D eigenvalue weighted by molar-refractivity contribution is -0.142. The standard InChI is InChI=1S/C8H11F2NO2/c1-13-6(12)5-2-7(4-11-5)3-8(7,9)10/h5,11H,2-4H2,1H3/t5-,7-/m0/s1. The Hall–Kier alpha value is -0.710. The molecule has 3 nitrogen and oxygen atoms in total. The molecule has 0 bridgehead atoms. The number of rotatable bonds is 1. The Morgan fingerprint density at radius 2 is 2.23 bits per heavy atom. The fourth-order valence-electron chi connectivity index (χ4n) is 1.96. The quantitative estimate of drug-likeness (QED) is 0.615. The number of halogens is 2. The maximum Gasteiger partial charge on any atom is 0.322 e. The fourth-order valence-corrected chi connectivity index (χ4v) is 1.96. The average Bonchev–Trinajstić information content (AvgIpc) is 2.50. The molecule has 1 N–H and O–H groups in total. The molecule has 0 aromatic carbocycles. The van der Waals surface area contributed by atoms with E-state index in [0.717, 1.165) is 0 Å². The van der Waals surface area contributed by atoms with Gasteiger partial charge >= 0.3 is 5.97 Å². The number of hydrogen-bond acceptors (Lipinski definition) is 3. The van der Waals surface area contributed by atoms with Crippen molar-refractivity contribution in [2.75, 3.05) is 13.7 Å². The van der Waals surface area contributed by atoms with E-state index in [1.165, 1.54) is 7.11 Å². The van der Waals surface area contributed by atoms with Crippen molar-refractivity contribution in [3.8, 4) is 0 Å². The molecule has 2 aliphatic rings. The number of ether oxygens (including phenoxy) is 1. The van der Waals surface area contributed by atoms with Crippen molar-refractivity contribution in [1.82, 2.24) is 5.32 Å². The van der Waals surface area contributed by atoms with Crippen LogP contribution in [-0.4, -0.2) is 31.6 Å². The molecule has 2 rings (SSSR count). The molecule has 1 aliphatic carbocycles. The second-order valence-corrected chi connectivity index (χ2v) is 3.82. The van der Waals surface area contributed by atoms with E-state index in [0.29, 0.717) is 0 Å². The van der Waals surface area contributed by atoms with E-state index in [4.69, 9.17) is 0 Å². The van der Waals surface area contributed by atoms with Crippen LogP contribution in [0.1, 0.15) is 12.8 Å². The van der Waals surface area contributed by atoms with Gasteiger partial charge in [-0.3, -0.25) is 4.79 Å². The second kappa shape index (κ2) is 2.41. The highest BCUT2D eigenvalue weighted by molar-refractivity contribution is 5.76. The third kappa shape index (κ3) is 1.14. The van der Waals surface area contributed by atoms with Crippen molar-refractivity contribution in [2.45, 2.75) is 24.8 Å². The first kappa shape index (κ1) is 8.87. The van der Waals surface area contributed by atoms with Crippen LogP contribution in [0.2, 0.25) is 0 Å². The molecule has 1 aliphatic heterocycles. The number of hydrogen-bond donors (Lipinski definition) is 1. The molecule has 74 valence electrons. The molecule has 1 spiro atoms. The Morgan fingerprint density at radius 3 is 2.62 bits per heavy atom. The molecule has 0 amide bonds. The van der Waals surface area contributed by atoms with Crippen molar-refractivity contribution >= 4 is 5.97 Å². The maximum atomic E-state index is 12.8. The fraction of sp³-hybridized carbons (Fsp3) is 0.875. The second-order valence-electron chi connectivity index (χ2n) is 3.82. The van der Waals surface area contributed by atoms with Crippen LogP contribution in [0.3, 0.4) is 0 Å². The molecule has 0 radical (unpaired) electrons. The van der Waals surface area contributed by atoms with E-state index in [2.05, 4.69) is 10.1 Å². The predicted molar refractivity (Wildman–Crippen MR) is 40.4 cm³/mol. The van der Waals surface area contributed by atoms with E-state index < -0.39 is 23.3 Å². The average molecular weight is 191 g/mol. The number of carbonyl (C=O) groups excluding carboxylic acids is 1. The zero-order valence-corrected chi connectivity index (χ0v) is 7.27. The van der Waals surface area contributed by atoms with Gasteiger partial charge in [-0.25, -0.2) is 8.78 Å². The summed E-state index contributed by atoms with van der Waals surface area (Å²) < 4.78 is 30.2. The minimum absolute atomic E-state index is 0.0967. The van der Waals surface area contributed by atoms with Crippen molar-refractivity contribution in [1.29, 1.82) is 0 Å². The SMILES string of the molecule is COC(=O)[C@@H]1C[C@@]2(CN1)CC2(F)F. The summed E-state index contributed by atoms with van der Waals surface area (Å²) in [5.74, 6) is -3.03. The van der Waals surface area contributed by atoms with Gasteiger partial charge in [-0.2, -0.15) is 0 Å². The number of nitrogens with one attached hydrogen (secondary N) is 1. The minimum Gasteiger partial charge on any atom is -0.468 e. The highest BCUT2D eigenvalue weighted by Crippen LogP contribution is 2.64. The van der Waals surface area contributed by atoms with Crippen LogP contribution in [0.25, 0.3) is 0 Å². The zero-order chi connectivity index (χ0) is 9.69. The van der Waals surface area contributed by atoms with E-state index in [1.54, 1.807) is 0 Å². The van der Waals surface area contributed by atoms with Gasteiger partial charge in [0.25, 0.3) is 5.92 Å². The lowest BCUT2D eigenvalue weighted by Crippen LogP contribution is -2.31. The molecule has 0 aromatic rings. The molecular formula is C8H11F2NO2. The van der Waals surface area contributed by atoms with Gasteiger partial charge in [0, 0.05) is 13.0 Å². The maximum absolute atomic E-state index is 12.8. The normalized spacial score (nSPS) is 40.7. The van der Waals surface area contributed by atoms with Gasteiger partial charge < -0.3 is 10.1 Å². The summed E-state index contributed by atoms with van der Waals surface area (Å²) in [6, 6.07) is -0.543. The Balaban J connectivity index is 2.00. The number of methoxy groups -OCH3 is 1. The number of esters is 1. The topological polar surface area (TPSA) is 38.3 Å². The summed E-state index contributed by atoms with van der Waals surface area (Å²) in [6.07, 6.45) is 0.104. The van der Waals surface area contributed by atoms with Crippen LogP contribution in [0.5, 0.6) is 0 Å². The highest BCUT2D eigenvalue weighted by Gasteiger charge is 2.73. The van der Waals surface area contributed by atoms with Crippen LogP contribution in [0, 0.1) is 5.41 Å². The van der Waals surface area contributed by atoms with Gasteiger partial charge in [-0.05, 0) is 6.42 Å². The molecule has 1 saturated heterocycles. The third-order valence-electron chi connectivity index (χ3n) is 2.98. The molecule has 1 saturated carbocycles. The summed E-state index contributed by atoms with van der Waals surface area (Å²) in [5.41, 5.74) is -0.953. The van der Waals surface area contributed by atoms with Crippen LogP contribution >= 0.6 is 0 Å². The van der Waals surface area contributed by atoms with Gasteiger partial charge in [-0.15, -0.1) is 0 Å². The Labute approximate surface area is 74.4 Å². The smallest absolute Gasteiger partial charge is 0.322 e. The predicted octanol–water partition coefficient (Wildman–Crippen LogP) is 0.547. The van der Waals surface area contributed by atoms with Crippen LogP contribution in [0.15, 0.2) is 0 Å². The molecule has 0 aromatic heterocycles. The Bertz CT molecular complexity index is 257. The molecule has 2 atom stereocenters. The molecule has 2 fully saturated rings. The van der Waals surface area contributed by atoms with E-state index >= 15 is 0 Å². The van der Waals surface area contributed by atoms with Crippen LogP contribution < -0.4 is 5.32 Å². The summed E-state index contributed by atoms with van der Waals surface area (Å²) in [4.78, 5) is 11.0. The monoisotopic (exact) mass is 191 g/mol. The largest absolute Gasteiger partial charge is 0.468 e. The first-order chi connectivity index (χ1) is 6.01. The van der Waals surface area contributed by atoms with Crippen molar-refractivity contribution in [3.05, 3.63) is 0 Å². The molecule has 5 heteroatoms. The molecule has 13 heavy (non-hydrogen) atoms.